The summed E-state index contributed by atoms with van der Waals surface area (Å²) in [5.74, 6) is -0.942. The van der Waals surface area contributed by atoms with E-state index < -0.39 is 5.97 Å². The lowest BCUT2D eigenvalue weighted by Gasteiger charge is -2.11. The maximum absolute atomic E-state index is 11.1. The Morgan fingerprint density at radius 3 is 2.95 bits per heavy atom. The quantitative estimate of drug-likeness (QED) is 0.910. The number of nitrogens with zero attached hydrogens (tertiary/aromatic N) is 2. The number of rotatable bonds is 5. The molecule has 0 amide bonds. The van der Waals surface area contributed by atoms with E-state index in [0.29, 0.717) is 24.8 Å². The van der Waals surface area contributed by atoms with Gasteiger partial charge in [-0.15, -0.1) is 0 Å². The molecule has 2 aromatic rings. The number of carboxylic acid groups (broad SMARTS) is 1. The molecule has 3 rings (SSSR count). The number of hydrogen-bond acceptors (Lipinski definition) is 3. The van der Waals surface area contributed by atoms with E-state index in [1.54, 1.807) is 18.5 Å². The lowest BCUT2D eigenvalue weighted by atomic mass is 10.2. The summed E-state index contributed by atoms with van der Waals surface area (Å²) in [5, 5.41) is 9.14. The molecule has 0 unspecified atom stereocenters. The van der Waals surface area contributed by atoms with E-state index in [1.807, 2.05) is 10.6 Å². The first-order chi connectivity index (χ1) is 9.75. The highest BCUT2D eigenvalue weighted by molar-refractivity contribution is 6.00. The number of aromatic nitrogens is 2. The Hall–Kier alpha value is -1.88. The largest absolute Gasteiger partial charge is 0.478 e. The Kier molecular flexibility index (Phi) is 3.69. The van der Waals surface area contributed by atoms with Crippen molar-refractivity contribution in [1.29, 1.82) is 0 Å². The minimum Gasteiger partial charge on any atom is -0.478 e. The molecule has 0 radical (unpaired) electrons. The third-order valence-corrected chi connectivity index (χ3v) is 3.87. The first-order valence-corrected chi connectivity index (χ1v) is 7.04. The molecule has 1 aromatic heterocycles. The molecule has 0 atom stereocenters. The molecule has 1 fully saturated rings. The number of benzene rings is 1. The van der Waals surface area contributed by atoms with Gasteiger partial charge in [0, 0.05) is 6.54 Å². The van der Waals surface area contributed by atoms with Crippen LogP contribution in [0.25, 0.3) is 11.0 Å². The molecule has 1 saturated carbocycles. The summed E-state index contributed by atoms with van der Waals surface area (Å²) >= 11 is 0. The van der Waals surface area contributed by atoms with E-state index in [2.05, 4.69) is 4.98 Å². The number of imidazole rings is 1. The van der Waals surface area contributed by atoms with Crippen molar-refractivity contribution in [2.75, 3.05) is 6.61 Å². The minimum absolute atomic E-state index is 0.248. The molecule has 0 bridgehead atoms. The second-order valence-electron chi connectivity index (χ2n) is 5.19. The van der Waals surface area contributed by atoms with Crippen LogP contribution in [0.2, 0.25) is 0 Å². The van der Waals surface area contributed by atoms with Gasteiger partial charge in [-0.2, -0.15) is 0 Å². The fraction of sp³-hybridized carbons (Fsp3) is 0.467. The predicted molar refractivity (Wildman–Crippen MR) is 74.9 cm³/mol. The maximum atomic E-state index is 11.1. The van der Waals surface area contributed by atoms with Crippen LogP contribution in [-0.4, -0.2) is 33.3 Å². The van der Waals surface area contributed by atoms with Crippen LogP contribution in [0.5, 0.6) is 0 Å². The smallest absolute Gasteiger partial charge is 0.337 e. The van der Waals surface area contributed by atoms with Gasteiger partial charge in [-0.05, 0) is 25.0 Å². The highest BCUT2D eigenvalue weighted by Crippen LogP contribution is 2.21. The lowest BCUT2D eigenvalue weighted by molar-refractivity contribution is 0.0534. The topological polar surface area (TPSA) is 64.3 Å². The van der Waals surface area contributed by atoms with E-state index in [0.717, 1.165) is 18.4 Å². The molecular weight excluding hydrogens is 256 g/mol. The number of hydrogen-bond donors (Lipinski definition) is 1. The monoisotopic (exact) mass is 274 g/mol. The van der Waals surface area contributed by atoms with Crippen molar-refractivity contribution >= 4 is 17.0 Å². The van der Waals surface area contributed by atoms with Crippen molar-refractivity contribution in [3.63, 3.8) is 0 Å². The van der Waals surface area contributed by atoms with Crippen LogP contribution in [0.1, 0.15) is 36.0 Å². The van der Waals surface area contributed by atoms with Gasteiger partial charge in [0.05, 0.1) is 30.1 Å². The molecule has 1 aliphatic carbocycles. The number of aromatic carboxylic acids is 1. The summed E-state index contributed by atoms with van der Waals surface area (Å²) in [7, 11) is 0. The summed E-state index contributed by atoms with van der Waals surface area (Å²) in [4.78, 5) is 15.4. The van der Waals surface area contributed by atoms with E-state index >= 15 is 0 Å². The van der Waals surface area contributed by atoms with Crippen LogP contribution in [-0.2, 0) is 11.3 Å². The standard InChI is InChI=1S/C15H18N2O3/c18-15(19)12-6-3-7-13-14(12)16-10-17(13)8-9-20-11-4-1-2-5-11/h3,6-7,10-11H,1-2,4-5,8-9H2,(H,18,19). The Labute approximate surface area is 117 Å². The molecule has 5 nitrogen and oxygen atoms in total. The zero-order chi connectivity index (χ0) is 13.9. The van der Waals surface area contributed by atoms with Crippen LogP contribution in [0.15, 0.2) is 24.5 Å². The fourth-order valence-electron chi connectivity index (χ4n) is 2.81. The lowest BCUT2D eigenvalue weighted by Crippen LogP contribution is -2.12. The Balaban J connectivity index is 1.72. The van der Waals surface area contributed by atoms with Crippen LogP contribution < -0.4 is 0 Å². The van der Waals surface area contributed by atoms with Crippen molar-refractivity contribution in [1.82, 2.24) is 9.55 Å². The predicted octanol–water partition coefficient (Wildman–Crippen LogP) is 2.69. The van der Waals surface area contributed by atoms with Crippen LogP contribution in [0.4, 0.5) is 0 Å². The van der Waals surface area contributed by atoms with E-state index in [1.165, 1.54) is 12.8 Å². The molecule has 1 aromatic carbocycles. The molecule has 1 N–H and O–H groups in total. The van der Waals surface area contributed by atoms with Crippen molar-refractivity contribution in [2.24, 2.45) is 0 Å². The van der Waals surface area contributed by atoms with Gasteiger partial charge in [0.2, 0.25) is 0 Å². The Bertz CT molecular complexity index is 615. The molecule has 5 heteroatoms. The minimum atomic E-state index is -0.942. The van der Waals surface area contributed by atoms with E-state index in [-0.39, 0.29) is 5.56 Å². The van der Waals surface area contributed by atoms with Gasteiger partial charge in [0.15, 0.2) is 0 Å². The van der Waals surface area contributed by atoms with E-state index in [4.69, 9.17) is 9.84 Å². The van der Waals surface area contributed by atoms with Crippen LogP contribution in [0.3, 0.4) is 0 Å². The van der Waals surface area contributed by atoms with Crippen molar-refractivity contribution in [2.45, 2.75) is 38.3 Å². The number of carboxylic acids is 1. The summed E-state index contributed by atoms with van der Waals surface area (Å²) in [5.41, 5.74) is 1.64. The first kappa shape index (κ1) is 13.1. The number of para-hydroxylation sites is 1. The molecular formula is C15H18N2O3. The van der Waals surface area contributed by atoms with Gasteiger partial charge in [-0.25, -0.2) is 9.78 Å². The van der Waals surface area contributed by atoms with Gasteiger partial charge in [-0.3, -0.25) is 0 Å². The zero-order valence-electron chi connectivity index (χ0n) is 11.3. The van der Waals surface area contributed by atoms with Crippen LogP contribution in [0, 0.1) is 0 Å². The average molecular weight is 274 g/mol. The molecule has 106 valence electrons. The normalized spacial score (nSPS) is 16.0. The van der Waals surface area contributed by atoms with Crippen molar-refractivity contribution < 1.29 is 14.6 Å². The summed E-state index contributed by atoms with van der Waals surface area (Å²) < 4.78 is 7.79. The summed E-state index contributed by atoms with van der Waals surface area (Å²) in [6, 6.07) is 5.23. The van der Waals surface area contributed by atoms with E-state index in [9.17, 15) is 4.79 Å². The molecule has 20 heavy (non-hydrogen) atoms. The molecule has 1 heterocycles. The number of fused-ring (bicyclic) bond motifs is 1. The third kappa shape index (κ3) is 2.54. The summed E-state index contributed by atoms with van der Waals surface area (Å²) in [6.45, 7) is 1.35. The van der Waals surface area contributed by atoms with Crippen LogP contribution >= 0.6 is 0 Å². The Morgan fingerprint density at radius 2 is 2.20 bits per heavy atom. The molecule has 0 saturated heterocycles. The molecule has 0 spiro atoms. The highest BCUT2D eigenvalue weighted by atomic mass is 16.5. The van der Waals surface area contributed by atoms with Gasteiger partial charge in [-0.1, -0.05) is 18.9 Å². The summed E-state index contributed by atoms with van der Waals surface area (Å²) in [6.07, 6.45) is 6.94. The van der Waals surface area contributed by atoms with Gasteiger partial charge >= 0.3 is 5.97 Å². The second kappa shape index (κ2) is 5.63. The maximum Gasteiger partial charge on any atom is 0.337 e. The van der Waals surface area contributed by atoms with Gasteiger partial charge in [0.1, 0.15) is 5.52 Å². The SMILES string of the molecule is O=C(O)c1cccc2c1ncn2CCOC1CCCC1. The van der Waals surface area contributed by atoms with Crippen molar-refractivity contribution in [3.05, 3.63) is 30.1 Å². The van der Waals surface area contributed by atoms with Gasteiger partial charge < -0.3 is 14.4 Å². The first-order valence-electron chi connectivity index (χ1n) is 7.04. The number of ether oxygens (including phenoxy) is 1. The highest BCUT2D eigenvalue weighted by Gasteiger charge is 2.16. The average Bonchev–Trinajstić information content (AvgIpc) is 3.08. The third-order valence-electron chi connectivity index (χ3n) is 3.87. The Morgan fingerprint density at radius 1 is 1.40 bits per heavy atom. The van der Waals surface area contributed by atoms with Gasteiger partial charge in [0.25, 0.3) is 0 Å². The molecule has 0 aliphatic heterocycles. The molecule has 1 aliphatic rings. The van der Waals surface area contributed by atoms with Crippen molar-refractivity contribution in [3.8, 4) is 0 Å². The zero-order valence-corrected chi connectivity index (χ0v) is 11.3. The number of carbonyl (C=O) groups is 1. The fourth-order valence-corrected chi connectivity index (χ4v) is 2.81. The second-order valence-corrected chi connectivity index (χ2v) is 5.19.